The van der Waals surface area contributed by atoms with Gasteiger partial charge in [0.25, 0.3) is 5.91 Å². The molecule has 6 nitrogen and oxygen atoms in total. The number of rotatable bonds is 10. The number of nitrogens with one attached hydrogen (secondary N) is 1. The van der Waals surface area contributed by atoms with E-state index in [4.69, 9.17) is 14.2 Å². The summed E-state index contributed by atoms with van der Waals surface area (Å²) in [5.41, 5.74) is 2.28. The quantitative estimate of drug-likeness (QED) is 0.499. The van der Waals surface area contributed by atoms with Gasteiger partial charge in [-0.2, -0.15) is 0 Å². The number of carbonyl (C=O) groups is 2. The lowest BCUT2D eigenvalue weighted by Gasteiger charge is -2.11. The predicted molar refractivity (Wildman–Crippen MR) is 107 cm³/mol. The van der Waals surface area contributed by atoms with Crippen molar-refractivity contribution in [3.63, 3.8) is 0 Å². The van der Waals surface area contributed by atoms with Gasteiger partial charge in [0.1, 0.15) is 24.7 Å². The second kappa shape index (κ2) is 11.0. The molecule has 0 saturated heterocycles. The number of amides is 1. The summed E-state index contributed by atoms with van der Waals surface area (Å²) in [6.07, 6.45) is 2.05. The molecule has 0 aliphatic rings. The molecule has 28 heavy (non-hydrogen) atoms. The molecule has 0 aliphatic heterocycles. The highest BCUT2D eigenvalue weighted by atomic mass is 16.5. The molecule has 2 rings (SSSR count). The minimum absolute atomic E-state index is 0.0867. The predicted octanol–water partition coefficient (Wildman–Crippen LogP) is 3.66. The number of methoxy groups -OCH3 is 1. The van der Waals surface area contributed by atoms with Gasteiger partial charge in [0.15, 0.2) is 0 Å². The van der Waals surface area contributed by atoms with Gasteiger partial charge in [0.05, 0.1) is 13.7 Å². The molecular formula is C22H27NO5. The zero-order valence-electron chi connectivity index (χ0n) is 16.6. The summed E-state index contributed by atoms with van der Waals surface area (Å²) in [6.45, 7) is 4.58. The van der Waals surface area contributed by atoms with Crippen LogP contribution in [0.15, 0.2) is 42.5 Å². The zero-order valence-corrected chi connectivity index (χ0v) is 16.6. The highest BCUT2D eigenvalue weighted by Crippen LogP contribution is 2.20. The van der Waals surface area contributed by atoms with Crippen molar-refractivity contribution in [1.29, 1.82) is 0 Å². The van der Waals surface area contributed by atoms with Gasteiger partial charge in [-0.25, -0.2) is 0 Å². The van der Waals surface area contributed by atoms with E-state index in [1.807, 2.05) is 25.1 Å². The molecule has 0 fully saturated rings. The average Bonchev–Trinajstić information content (AvgIpc) is 2.71. The minimum Gasteiger partial charge on any atom is -0.496 e. The van der Waals surface area contributed by atoms with E-state index in [0.717, 1.165) is 29.7 Å². The van der Waals surface area contributed by atoms with Gasteiger partial charge in [-0.05, 0) is 49.7 Å². The van der Waals surface area contributed by atoms with E-state index in [9.17, 15) is 9.59 Å². The van der Waals surface area contributed by atoms with Gasteiger partial charge in [-0.15, -0.1) is 0 Å². The lowest BCUT2D eigenvalue weighted by molar-refractivity contribution is -0.143. The first-order chi connectivity index (χ1) is 13.5. The number of hydrogen-bond donors (Lipinski definition) is 1. The van der Waals surface area contributed by atoms with E-state index in [2.05, 4.69) is 12.2 Å². The molecule has 2 aromatic carbocycles. The maximum atomic E-state index is 12.2. The summed E-state index contributed by atoms with van der Waals surface area (Å²) >= 11 is 0. The molecule has 2 aromatic rings. The molecule has 0 unspecified atom stereocenters. The first-order valence-corrected chi connectivity index (χ1v) is 9.33. The van der Waals surface area contributed by atoms with Crippen LogP contribution in [0.25, 0.3) is 0 Å². The van der Waals surface area contributed by atoms with Gasteiger partial charge in [0.2, 0.25) is 0 Å². The van der Waals surface area contributed by atoms with Gasteiger partial charge in [-0.3, -0.25) is 9.59 Å². The maximum Gasteiger partial charge on any atom is 0.325 e. The Kier molecular flexibility index (Phi) is 8.34. The minimum atomic E-state index is -0.517. The fourth-order valence-electron chi connectivity index (χ4n) is 2.52. The number of ether oxygens (including phenoxy) is 3. The van der Waals surface area contributed by atoms with E-state index in [-0.39, 0.29) is 19.1 Å². The van der Waals surface area contributed by atoms with Crippen molar-refractivity contribution in [2.75, 3.05) is 20.3 Å². The first kappa shape index (κ1) is 21.3. The van der Waals surface area contributed by atoms with E-state index < -0.39 is 5.97 Å². The van der Waals surface area contributed by atoms with E-state index in [1.54, 1.807) is 31.4 Å². The Hall–Kier alpha value is -3.02. The summed E-state index contributed by atoms with van der Waals surface area (Å²) in [4.78, 5) is 24.1. The van der Waals surface area contributed by atoms with Crippen LogP contribution in [0.3, 0.4) is 0 Å². The van der Waals surface area contributed by atoms with E-state index in [0.29, 0.717) is 17.9 Å². The smallest absolute Gasteiger partial charge is 0.325 e. The van der Waals surface area contributed by atoms with Gasteiger partial charge < -0.3 is 19.5 Å². The molecule has 0 bridgehead atoms. The summed E-state index contributed by atoms with van der Waals surface area (Å²) in [5, 5.41) is 2.56. The largest absolute Gasteiger partial charge is 0.496 e. The van der Waals surface area contributed by atoms with Crippen LogP contribution in [-0.4, -0.2) is 32.1 Å². The molecule has 150 valence electrons. The van der Waals surface area contributed by atoms with Crippen LogP contribution in [0.5, 0.6) is 11.5 Å². The molecule has 6 heteroatoms. The summed E-state index contributed by atoms with van der Waals surface area (Å²) in [6, 6.07) is 12.5. The summed E-state index contributed by atoms with van der Waals surface area (Å²) < 4.78 is 16.1. The van der Waals surface area contributed by atoms with Gasteiger partial charge in [0, 0.05) is 11.1 Å². The van der Waals surface area contributed by atoms with Gasteiger partial charge >= 0.3 is 5.97 Å². The molecule has 1 amide bonds. The van der Waals surface area contributed by atoms with E-state index in [1.165, 1.54) is 0 Å². The SMILES string of the molecule is CCCCOc1ccc(C(=O)NCC(=O)OCc2cc(C)ccc2OC)cc1. The monoisotopic (exact) mass is 385 g/mol. The van der Waals surface area contributed by atoms with Crippen molar-refractivity contribution in [2.24, 2.45) is 0 Å². The Morgan fingerprint density at radius 2 is 1.82 bits per heavy atom. The number of carbonyl (C=O) groups excluding carboxylic acids is 2. The Morgan fingerprint density at radius 1 is 1.07 bits per heavy atom. The standard InChI is InChI=1S/C22H27NO5/c1-4-5-12-27-19-9-7-17(8-10-19)22(25)23-14-21(24)28-15-18-13-16(2)6-11-20(18)26-3/h6-11,13H,4-5,12,14-15H2,1-3H3,(H,23,25). The first-order valence-electron chi connectivity index (χ1n) is 9.33. The molecule has 0 saturated carbocycles. The van der Waals surface area contributed by atoms with Crippen LogP contribution < -0.4 is 14.8 Å². The summed E-state index contributed by atoms with van der Waals surface area (Å²) in [5.74, 6) is 0.516. The molecular weight excluding hydrogens is 358 g/mol. The normalized spacial score (nSPS) is 10.2. The second-order valence-corrected chi connectivity index (χ2v) is 6.39. The second-order valence-electron chi connectivity index (χ2n) is 6.39. The fourth-order valence-corrected chi connectivity index (χ4v) is 2.52. The number of esters is 1. The van der Waals surface area contributed by atoms with Crippen molar-refractivity contribution in [2.45, 2.75) is 33.3 Å². The zero-order chi connectivity index (χ0) is 20.4. The van der Waals surface area contributed by atoms with Crippen LogP contribution in [0.2, 0.25) is 0 Å². The lowest BCUT2D eigenvalue weighted by Crippen LogP contribution is -2.30. The Balaban J connectivity index is 1.79. The molecule has 0 heterocycles. The molecule has 0 radical (unpaired) electrons. The van der Waals surface area contributed by atoms with Gasteiger partial charge in [-0.1, -0.05) is 25.0 Å². The van der Waals surface area contributed by atoms with Crippen LogP contribution in [0.4, 0.5) is 0 Å². The van der Waals surface area contributed by atoms with Crippen molar-refractivity contribution < 1.29 is 23.8 Å². The maximum absolute atomic E-state index is 12.2. The number of benzene rings is 2. The highest BCUT2D eigenvalue weighted by Gasteiger charge is 2.11. The molecule has 0 aliphatic carbocycles. The van der Waals surface area contributed by atoms with Crippen molar-refractivity contribution in [3.05, 3.63) is 59.2 Å². The average molecular weight is 385 g/mol. The third-order valence-corrected chi connectivity index (χ3v) is 4.10. The van der Waals surface area contributed by atoms with Crippen molar-refractivity contribution in [3.8, 4) is 11.5 Å². The molecule has 1 N–H and O–H groups in total. The fraction of sp³-hybridized carbons (Fsp3) is 0.364. The molecule has 0 aromatic heterocycles. The summed E-state index contributed by atoms with van der Waals surface area (Å²) in [7, 11) is 1.57. The van der Waals surface area contributed by atoms with Crippen LogP contribution in [-0.2, 0) is 16.1 Å². The lowest BCUT2D eigenvalue weighted by atomic mass is 10.1. The molecule has 0 spiro atoms. The topological polar surface area (TPSA) is 73.9 Å². The van der Waals surface area contributed by atoms with Crippen molar-refractivity contribution in [1.82, 2.24) is 5.32 Å². The third-order valence-electron chi connectivity index (χ3n) is 4.10. The Morgan fingerprint density at radius 3 is 2.50 bits per heavy atom. The van der Waals surface area contributed by atoms with E-state index >= 15 is 0 Å². The Labute approximate surface area is 165 Å². The molecule has 0 atom stereocenters. The van der Waals surface area contributed by atoms with Crippen molar-refractivity contribution >= 4 is 11.9 Å². The van der Waals surface area contributed by atoms with Crippen LogP contribution in [0, 0.1) is 6.92 Å². The number of unbranched alkanes of at least 4 members (excludes halogenated alkanes) is 1. The third kappa shape index (κ3) is 6.61. The van der Waals surface area contributed by atoms with Crippen LogP contribution >= 0.6 is 0 Å². The van der Waals surface area contributed by atoms with Crippen LogP contribution in [0.1, 0.15) is 41.3 Å². The number of aryl methyl sites for hydroxylation is 1. The highest BCUT2D eigenvalue weighted by molar-refractivity contribution is 5.96. The Bertz CT molecular complexity index is 786. The number of hydrogen-bond acceptors (Lipinski definition) is 5.